The van der Waals surface area contributed by atoms with Crippen molar-refractivity contribution in [1.29, 1.82) is 0 Å². The van der Waals surface area contributed by atoms with Crippen molar-refractivity contribution < 1.29 is 8.85 Å². The van der Waals surface area contributed by atoms with Crippen molar-refractivity contribution in [2.75, 3.05) is 0 Å². The van der Waals surface area contributed by atoms with E-state index in [-0.39, 0.29) is 16.2 Å². The van der Waals surface area contributed by atoms with Crippen LogP contribution >= 0.6 is 0 Å². The van der Waals surface area contributed by atoms with Crippen LogP contribution in [0.5, 0.6) is 5.75 Å². The minimum absolute atomic E-state index is 0.0856. The summed E-state index contributed by atoms with van der Waals surface area (Å²) in [4.78, 5) is 0. The summed E-state index contributed by atoms with van der Waals surface area (Å²) in [6.45, 7) is 24.8. The maximum absolute atomic E-state index is 6.69. The van der Waals surface area contributed by atoms with Crippen LogP contribution < -0.4 is 4.43 Å². The van der Waals surface area contributed by atoms with Gasteiger partial charge in [-0.1, -0.05) is 47.6 Å². The lowest BCUT2D eigenvalue weighted by atomic mass is 10.0. The molecule has 0 aliphatic carbocycles. The molecule has 0 N–H and O–H groups in total. The molecule has 0 aromatic heterocycles. The van der Waals surface area contributed by atoms with Gasteiger partial charge in [0, 0.05) is 6.42 Å². The minimum atomic E-state index is -1.93. The molecule has 4 heteroatoms. The highest BCUT2D eigenvalue weighted by molar-refractivity contribution is 6.75. The van der Waals surface area contributed by atoms with Crippen LogP contribution in [0.3, 0.4) is 0 Å². The van der Waals surface area contributed by atoms with E-state index in [0.29, 0.717) is 6.42 Å². The number of terminal acetylenes is 1. The summed E-state index contributed by atoms with van der Waals surface area (Å²) in [6, 6.07) is 6.46. The molecule has 2 nitrogen and oxygen atoms in total. The third-order valence-electron chi connectivity index (χ3n) is 6.17. The summed E-state index contributed by atoms with van der Waals surface area (Å²) < 4.78 is 13.2. The van der Waals surface area contributed by atoms with Crippen molar-refractivity contribution >= 4 is 16.6 Å². The van der Waals surface area contributed by atoms with E-state index in [4.69, 9.17) is 15.3 Å². The van der Waals surface area contributed by atoms with Crippen molar-refractivity contribution in [2.24, 2.45) is 0 Å². The van der Waals surface area contributed by atoms with Crippen molar-refractivity contribution in [3.8, 4) is 18.1 Å². The van der Waals surface area contributed by atoms with Crippen molar-refractivity contribution in [2.45, 2.75) is 97.3 Å². The molecule has 0 bridgehead atoms. The van der Waals surface area contributed by atoms with Gasteiger partial charge in [-0.25, -0.2) is 0 Å². The Balaban J connectivity index is 3.27. The van der Waals surface area contributed by atoms with E-state index in [1.165, 1.54) is 5.56 Å². The second-order valence-electron chi connectivity index (χ2n) is 10.7. The molecule has 1 unspecified atom stereocenters. The first-order valence-electron chi connectivity index (χ1n) is 9.92. The van der Waals surface area contributed by atoms with Gasteiger partial charge in [-0.2, -0.15) is 0 Å². The van der Waals surface area contributed by atoms with E-state index in [2.05, 4.69) is 98.8 Å². The largest absolute Gasteiger partial charge is 0.543 e. The lowest BCUT2D eigenvalue weighted by Crippen LogP contribution is -2.44. The molecule has 0 saturated heterocycles. The fraction of sp³-hybridized carbons (Fsp3) is 0.652. The summed E-state index contributed by atoms with van der Waals surface area (Å²) in [7, 11) is -3.82. The zero-order valence-corrected chi connectivity index (χ0v) is 21.4. The van der Waals surface area contributed by atoms with Gasteiger partial charge in [-0.15, -0.1) is 12.3 Å². The first-order chi connectivity index (χ1) is 12.0. The molecule has 0 aliphatic rings. The smallest absolute Gasteiger partial charge is 0.250 e. The zero-order valence-electron chi connectivity index (χ0n) is 19.4. The highest BCUT2D eigenvalue weighted by Crippen LogP contribution is 2.42. The Hall–Kier alpha value is -1.03. The predicted molar refractivity (Wildman–Crippen MR) is 123 cm³/mol. The van der Waals surface area contributed by atoms with Gasteiger partial charge in [-0.3, -0.25) is 0 Å². The van der Waals surface area contributed by atoms with E-state index in [1.54, 1.807) is 0 Å². The van der Waals surface area contributed by atoms with E-state index >= 15 is 0 Å². The van der Waals surface area contributed by atoms with Gasteiger partial charge in [0.1, 0.15) is 5.75 Å². The van der Waals surface area contributed by atoms with Gasteiger partial charge in [0.15, 0.2) is 8.32 Å². The second-order valence-corrected chi connectivity index (χ2v) is 20.2. The Labute approximate surface area is 170 Å². The first-order valence-corrected chi connectivity index (χ1v) is 15.7. The molecule has 0 heterocycles. The molecule has 1 aromatic carbocycles. The average molecular weight is 405 g/mol. The van der Waals surface area contributed by atoms with Gasteiger partial charge < -0.3 is 8.85 Å². The third-order valence-corrected chi connectivity index (χ3v) is 15.0. The molecule has 0 aliphatic heterocycles. The summed E-state index contributed by atoms with van der Waals surface area (Å²) in [6.07, 6.45) is 6.18. The number of hydrogen-bond donors (Lipinski definition) is 0. The van der Waals surface area contributed by atoms with Gasteiger partial charge in [0.25, 0.3) is 0 Å². The maximum atomic E-state index is 6.69. The topological polar surface area (TPSA) is 18.5 Å². The fourth-order valence-electron chi connectivity index (χ4n) is 2.34. The highest BCUT2D eigenvalue weighted by Gasteiger charge is 2.40. The Morgan fingerprint density at radius 1 is 0.926 bits per heavy atom. The third kappa shape index (κ3) is 6.24. The lowest BCUT2D eigenvalue weighted by molar-refractivity contribution is 0.188. The molecule has 0 radical (unpaired) electrons. The van der Waals surface area contributed by atoms with E-state index in [9.17, 15) is 0 Å². The molecule has 0 fully saturated rings. The molecular formula is C23H40O2Si2. The van der Waals surface area contributed by atoms with Crippen LogP contribution in [-0.4, -0.2) is 16.6 Å². The van der Waals surface area contributed by atoms with Crippen LogP contribution in [0.1, 0.15) is 65.2 Å². The quantitative estimate of drug-likeness (QED) is 0.362. The molecule has 0 amide bonds. The van der Waals surface area contributed by atoms with Crippen LogP contribution in [0.2, 0.25) is 36.3 Å². The summed E-state index contributed by atoms with van der Waals surface area (Å²) in [5, 5.41) is 0.302. The normalized spacial score (nSPS) is 14.6. The van der Waals surface area contributed by atoms with Crippen LogP contribution in [0, 0.1) is 19.3 Å². The van der Waals surface area contributed by atoms with Gasteiger partial charge in [0.2, 0.25) is 8.32 Å². The standard InChI is InChI=1S/C23H40O2Si2/c1-13-14-21(25-27(11,12)23(6,7)8)19-15-18(2)16-20(17-19)24-26(9,10)22(3,4)5/h1,15-17,21H,14H2,2-12H3. The first kappa shape index (κ1) is 24.0. The summed E-state index contributed by atoms with van der Waals surface area (Å²) in [5.74, 6) is 3.76. The van der Waals surface area contributed by atoms with E-state index in [1.807, 2.05) is 0 Å². The molecule has 0 spiro atoms. The van der Waals surface area contributed by atoms with Crippen molar-refractivity contribution in [3.63, 3.8) is 0 Å². The number of aryl methyl sites for hydroxylation is 1. The molecule has 1 atom stereocenters. The Bertz CT molecular complexity index is 686. The molecule has 152 valence electrons. The van der Waals surface area contributed by atoms with E-state index < -0.39 is 16.6 Å². The average Bonchev–Trinajstić information content (AvgIpc) is 2.43. The Morgan fingerprint density at radius 2 is 1.44 bits per heavy atom. The molecular weight excluding hydrogens is 364 g/mol. The summed E-state index contributed by atoms with van der Waals surface area (Å²) >= 11 is 0. The summed E-state index contributed by atoms with van der Waals surface area (Å²) in [5.41, 5.74) is 2.31. The zero-order chi connectivity index (χ0) is 21.3. The van der Waals surface area contributed by atoms with Gasteiger partial charge in [-0.05, 0) is 66.4 Å². The molecule has 1 rings (SSSR count). The number of hydrogen-bond acceptors (Lipinski definition) is 2. The predicted octanol–water partition coefficient (Wildman–Crippen LogP) is 7.47. The molecule has 0 saturated carbocycles. The monoisotopic (exact) mass is 404 g/mol. The fourth-order valence-corrected chi connectivity index (χ4v) is 4.63. The van der Waals surface area contributed by atoms with Gasteiger partial charge in [0.05, 0.1) is 6.10 Å². The Kier molecular flexibility index (Phi) is 7.25. The van der Waals surface area contributed by atoms with E-state index in [0.717, 1.165) is 11.3 Å². The van der Waals surface area contributed by atoms with Crippen LogP contribution in [0.4, 0.5) is 0 Å². The lowest BCUT2D eigenvalue weighted by Gasteiger charge is -2.39. The Morgan fingerprint density at radius 3 is 1.89 bits per heavy atom. The minimum Gasteiger partial charge on any atom is -0.543 e. The number of benzene rings is 1. The van der Waals surface area contributed by atoms with Crippen molar-refractivity contribution in [3.05, 3.63) is 29.3 Å². The number of rotatable bonds is 6. The van der Waals surface area contributed by atoms with Crippen molar-refractivity contribution in [1.82, 2.24) is 0 Å². The van der Waals surface area contributed by atoms with Crippen LogP contribution in [0.25, 0.3) is 0 Å². The highest BCUT2D eigenvalue weighted by atomic mass is 28.4. The molecule has 1 aromatic rings. The maximum Gasteiger partial charge on any atom is 0.250 e. The van der Waals surface area contributed by atoms with Crippen LogP contribution in [0.15, 0.2) is 18.2 Å². The van der Waals surface area contributed by atoms with Crippen LogP contribution in [-0.2, 0) is 4.43 Å². The van der Waals surface area contributed by atoms with Gasteiger partial charge >= 0.3 is 0 Å². The second kappa shape index (κ2) is 8.15. The SMILES string of the molecule is C#CCC(O[Si](C)(C)C(C)(C)C)c1cc(C)cc(O[Si](C)(C)C(C)(C)C)c1. The molecule has 27 heavy (non-hydrogen) atoms.